The van der Waals surface area contributed by atoms with Gasteiger partial charge in [-0.2, -0.15) is 0 Å². The summed E-state index contributed by atoms with van der Waals surface area (Å²) in [5.41, 5.74) is 2.70. The quantitative estimate of drug-likeness (QED) is 0.697. The van der Waals surface area contributed by atoms with Gasteiger partial charge in [0.15, 0.2) is 0 Å². The Kier molecular flexibility index (Phi) is 7.58. The minimum Gasteiger partial charge on any atom is -0.351 e. The molecule has 1 amide bonds. The van der Waals surface area contributed by atoms with Crippen LogP contribution in [0.25, 0.3) is 0 Å². The minimum absolute atomic E-state index is 0.116. The highest BCUT2D eigenvalue weighted by molar-refractivity contribution is 5.92. The molecule has 1 aliphatic rings. The second kappa shape index (κ2) is 10.3. The van der Waals surface area contributed by atoms with Crippen LogP contribution in [0.15, 0.2) is 36.4 Å². The van der Waals surface area contributed by atoms with Gasteiger partial charge in [0.1, 0.15) is 5.69 Å². The van der Waals surface area contributed by atoms with Crippen LogP contribution >= 0.6 is 0 Å². The minimum atomic E-state index is -0.116. The van der Waals surface area contributed by atoms with E-state index >= 15 is 0 Å². The summed E-state index contributed by atoms with van der Waals surface area (Å²) in [6.07, 6.45) is 4.30. The van der Waals surface area contributed by atoms with Crippen molar-refractivity contribution in [3.8, 4) is 0 Å². The van der Waals surface area contributed by atoms with E-state index in [0.29, 0.717) is 24.1 Å². The number of amides is 1. The summed E-state index contributed by atoms with van der Waals surface area (Å²) < 4.78 is 0. The zero-order valence-corrected chi connectivity index (χ0v) is 17.9. The van der Waals surface area contributed by atoms with Crippen LogP contribution in [0.4, 0.5) is 5.95 Å². The molecule has 1 aromatic heterocycles. The van der Waals surface area contributed by atoms with Gasteiger partial charge in [0.2, 0.25) is 5.95 Å². The fourth-order valence-electron chi connectivity index (χ4n) is 3.78. The van der Waals surface area contributed by atoms with Crippen molar-refractivity contribution >= 4 is 11.9 Å². The molecule has 1 fully saturated rings. The number of carbonyl (C=O) groups is 1. The Bertz CT molecular complexity index is 785. The Morgan fingerprint density at radius 1 is 1.17 bits per heavy atom. The van der Waals surface area contributed by atoms with Crippen molar-refractivity contribution in [1.29, 1.82) is 0 Å². The van der Waals surface area contributed by atoms with Gasteiger partial charge in [-0.1, -0.05) is 30.3 Å². The predicted molar refractivity (Wildman–Crippen MR) is 117 cm³/mol. The van der Waals surface area contributed by atoms with Crippen molar-refractivity contribution in [2.24, 2.45) is 5.92 Å². The van der Waals surface area contributed by atoms with Crippen molar-refractivity contribution in [2.45, 2.75) is 32.6 Å². The molecule has 0 unspecified atom stereocenters. The summed E-state index contributed by atoms with van der Waals surface area (Å²) >= 11 is 0. The average molecular weight is 396 g/mol. The van der Waals surface area contributed by atoms with Crippen LogP contribution in [0.3, 0.4) is 0 Å². The SMILES string of the molecule is Cc1cc(C(=O)NCCCN(C)C)nc(N2CCC(Cc3ccccc3)CC2)n1. The van der Waals surface area contributed by atoms with Gasteiger partial charge in [-0.05, 0) is 70.8 Å². The van der Waals surface area contributed by atoms with Gasteiger partial charge in [-0.25, -0.2) is 9.97 Å². The first-order chi connectivity index (χ1) is 14.0. The Labute approximate surface area is 174 Å². The first kappa shape index (κ1) is 21.2. The molecule has 156 valence electrons. The largest absolute Gasteiger partial charge is 0.351 e. The number of hydrogen-bond donors (Lipinski definition) is 1. The molecule has 1 aromatic carbocycles. The molecule has 1 saturated heterocycles. The Balaban J connectivity index is 1.55. The topological polar surface area (TPSA) is 61.4 Å². The highest BCUT2D eigenvalue weighted by Gasteiger charge is 2.22. The lowest BCUT2D eigenvalue weighted by molar-refractivity contribution is 0.0947. The van der Waals surface area contributed by atoms with Crippen LogP contribution in [0.1, 0.15) is 41.0 Å². The van der Waals surface area contributed by atoms with Crippen LogP contribution < -0.4 is 10.2 Å². The molecular weight excluding hydrogens is 362 g/mol. The summed E-state index contributed by atoms with van der Waals surface area (Å²) in [7, 11) is 4.07. The lowest BCUT2D eigenvalue weighted by Gasteiger charge is -2.32. The van der Waals surface area contributed by atoms with E-state index in [1.54, 1.807) is 6.07 Å². The number of nitrogens with zero attached hydrogens (tertiary/aromatic N) is 4. The fraction of sp³-hybridized carbons (Fsp3) is 0.522. The summed E-state index contributed by atoms with van der Waals surface area (Å²) in [5.74, 6) is 1.26. The summed E-state index contributed by atoms with van der Waals surface area (Å²) in [6.45, 7) is 5.40. The molecule has 29 heavy (non-hydrogen) atoms. The van der Waals surface area contributed by atoms with Gasteiger partial charge >= 0.3 is 0 Å². The molecule has 0 bridgehead atoms. The van der Waals surface area contributed by atoms with Crippen molar-refractivity contribution in [3.63, 3.8) is 0 Å². The molecule has 6 nitrogen and oxygen atoms in total. The molecule has 2 heterocycles. The number of hydrogen-bond acceptors (Lipinski definition) is 5. The first-order valence-electron chi connectivity index (χ1n) is 10.6. The molecule has 1 N–H and O–H groups in total. The molecule has 0 saturated carbocycles. The van der Waals surface area contributed by atoms with Crippen molar-refractivity contribution in [3.05, 3.63) is 53.3 Å². The van der Waals surface area contributed by atoms with Crippen molar-refractivity contribution in [2.75, 3.05) is 45.2 Å². The zero-order valence-electron chi connectivity index (χ0n) is 17.9. The Hall–Kier alpha value is -2.47. The maximum Gasteiger partial charge on any atom is 0.270 e. The molecule has 0 radical (unpaired) electrons. The van der Waals surface area contributed by atoms with Crippen molar-refractivity contribution in [1.82, 2.24) is 20.2 Å². The van der Waals surface area contributed by atoms with Gasteiger partial charge in [0.05, 0.1) is 0 Å². The van der Waals surface area contributed by atoms with Crippen LogP contribution in [0.5, 0.6) is 0 Å². The molecule has 0 spiro atoms. The number of nitrogens with one attached hydrogen (secondary N) is 1. The number of rotatable bonds is 8. The normalized spacial score (nSPS) is 15.0. The monoisotopic (exact) mass is 395 g/mol. The maximum atomic E-state index is 12.5. The second-order valence-corrected chi connectivity index (χ2v) is 8.23. The van der Waals surface area contributed by atoms with Gasteiger partial charge in [-0.15, -0.1) is 0 Å². The smallest absolute Gasteiger partial charge is 0.270 e. The Morgan fingerprint density at radius 3 is 2.59 bits per heavy atom. The van der Waals surface area contributed by atoms with Gasteiger partial charge in [0.25, 0.3) is 5.91 Å². The highest BCUT2D eigenvalue weighted by atomic mass is 16.1. The third-order valence-corrected chi connectivity index (χ3v) is 5.41. The van der Waals surface area contributed by atoms with E-state index in [0.717, 1.165) is 51.0 Å². The lowest BCUT2D eigenvalue weighted by Crippen LogP contribution is -2.36. The molecule has 3 rings (SSSR count). The van der Waals surface area contributed by atoms with E-state index in [-0.39, 0.29) is 5.91 Å². The Morgan fingerprint density at radius 2 is 1.90 bits per heavy atom. The summed E-state index contributed by atoms with van der Waals surface area (Å²) in [5, 5.41) is 2.97. The van der Waals surface area contributed by atoms with E-state index in [9.17, 15) is 4.79 Å². The molecule has 2 aromatic rings. The van der Waals surface area contributed by atoms with Gasteiger partial charge in [0, 0.05) is 25.3 Å². The van der Waals surface area contributed by atoms with Crippen LogP contribution in [-0.4, -0.2) is 61.0 Å². The standard InChI is InChI=1S/C23H33N5O/c1-18-16-21(22(29)24-12-7-13-27(2)3)26-23(25-18)28-14-10-20(11-15-28)17-19-8-5-4-6-9-19/h4-6,8-9,16,20H,7,10-15,17H2,1-3H3,(H,24,29). The third-order valence-electron chi connectivity index (χ3n) is 5.41. The van der Waals surface area contributed by atoms with E-state index < -0.39 is 0 Å². The molecule has 0 aliphatic carbocycles. The number of benzene rings is 1. The lowest BCUT2D eigenvalue weighted by atomic mass is 9.90. The summed E-state index contributed by atoms with van der Waals surface area (Å²) in [6, 6.07) is 12.5. The van der Waals surface area contributed by atoms with Gasteiger partial charge < -0.3 is 15.1 Å². The summed E-state index contributed by atoms with van der Waals surface area (Å²) in [4.78, 5) is 26.0. The highest BCUT2D eigenvalue weighted by Crippen LogP contribution is 2.24. The molecular formula is C23H33N5O. The van der Waals surface area contributed by atoms with E-state index in [1.165, 1.54) is 5.56 Å². The number of aromatic nitrogens is 2. The molecule has 0 atom stereocenters. The van der Waals surface area contributed by atoms with Crippen LogP contribution in [0, 0.1) is 12.8 Å². The van der Waals surface area contributed by atoms with Crippen molar-refractivity contribution < 1.29 is 4.79 Å². The van der Waals surface area contributed by atoms with E-state index in [2.05, 4.69) is 55.4 Å². The van der Waals surface area contributed by atoms with Crippen LogP contribution in [0.2, 0.25) is 0 Å². The fourth-order valence-corrected chi connectivity index (χ4v) is 3.78. The van der Waals surface area contributed by atoms with Crippen LogP contribution in [-0.2, 0) is 6.42 Å². The maximum absolute atomic E-state index is 12.5. The number of aryl methyl sites for hydroxylation is 1. The predicted octanol–water partition coefficient (Wildman–Crippen LogP) is 2.93. The third kappa shape index (κ3) is 6.53. The second-order valence-electron chi connectivity index (χ2n) is 8.23. The van der Waals surface area contributed by atoms with E-state index in [1.807, 2.05) is 21.0 Å². The zero-order chi connectivity index (χ0) is 20.6. The average Bonchev–Trinajstić information content (AvgIpc) is 2.72. The molecule has 1 aliphatic heterocycles. The van der Waals surface area contributed by atoms with E-state index in [4.69, 9.17) is 0 Å². The van der Waals surface area contributed by atoms with Gasteiger partial charge in [-0.3, -0.25) is 4.79 Å². The first-order valence-corrected chi connectivity index (χ1v) is 10.6. The molecule has 6 heteroatoms. The number of piperidine rings is 1. The number of carbonyl (C=O) groups excluding carboxylic acids is 1. The number of anilines is 1.